The molecule has 3 aliphatic rings. The number of alkyl halides is 3. The number of pyridine rings is 1. The van der Waals surface area contributed by atoms with Crippen molar-refractivity contribution < 1.29 is 23.1 Å². The normalized spacial score (nSPS) is 27.4. The van der Waals surface area contributed by atoms with Crippen molar-refractivity contribution in [1.29, 1.82) is 5.26 Å². The van der Waals surface area contributed by atoms with E-state index in [1.807, 2.05) is 0 Å². The van der Waals surface area contributed by atoms with Crippen molar-refractivity contribution in [2.45, 2.75) is 31.5 Å². The molecular weight excluding hydrogens is 447 g/mol. The van der Waals surface area contributed by atoms with Gasteiger partial charge in [-0.1, -0.05) is 0 Å². The Hall–Kier alpha value is -2.90. The zero-order chi connectivity index (χ0) is 24.1. The molecular formula is C24H26F3N5O2. The Balaban J connectivity index is 1.41. The number of rotatable bonds is 5. The van der Waals surface area contributed by atoms with E-state index in [1.165, 1.54) is 0 Å². The summed E-state index contributed by atoms with van der Waals surface area (Å²) in [6.45, 7) is 1.68. The van der Waals surface area contributed by atoms with Gasteiger partial charge in [-0.2, -0.15) is 18.4 Å². The Morgan fingerprint density at radius 3 is 2.71 bits per heavy atom. The molecule has 5 rings (SSSR count). The Bertz CT molecular complexity index is 1160. The minimum atomic E-state index is -4.51. The van der Waals surface area contributed by atoms with Gasteiger partial charge in [-0.3, -0.25) is 9.78 Å². The van der Waals surface area contributed by atoms with Crippen molar-refractivity contribution in [2.75, 3.05) is 44.2 Å². The van der Waals surface area contributed by atoms with Crippen molar-refractivity contribution in [3.05, 3.63) is 36.0 Å². The van der Waals surface area contributed by atoms with Gasteiger partial charge in [0.25, 0.3) is 0 Å². The number of carbonyl (C=O) groups excluding carboxylic acids is 1. The van der Waals surface area contributed by atoms with Crippen LogP contribution in [0.15, 0.2) is 30.5 Å². The van der Waals surface area contributed by atoms with E-state index in [2.05, 4.69) is 21.3 Å². The van der Waals surface area contributed by atoms with Gasteiger partial charge in [-0.15, -0.1) is 0 Å². The lowest BCUT2D eigenvalue weighted by atomic mass is 9.93. The number of aromatic nitrogens is 1. The number of aliphatic hydroxyl groups is 1. The Kier molecular flexibility index (Phi) is 5.45. The van der Waals surface area contributed by atoms with Gasteiger partial charge >= 0.3 is 6.18 Å². The summed E-state index contributed by atoms with van der Waals surface area (Å²) in [5.41, 5.74) is -2.24. The van der Waals surface area contributed by atoms with Gasteiger partial charge in [0.2, 0.25) is 5.91 Å². The van der Waals surface area contributed by atoms with Gasteiger partial charge in [0.1, 0.15) is 11.5 Å². The molecule has 0 radical (unpaired) electrons. The number of β-amino-alcohol motifs (C(OH)–C–C–N with tert-alkyl or cyclic N) is 1. The van der Waals surface area contributed by atoms with E-state index in [1.54, 1.807) is 35.4 Å². The van der Waals surface area contributed by atoms with Gasteiger partial charge in [0.05, 0.1) is 23.1 Å². The van der Waals surface area contributed by atoms with Crippen LogP contribution in [0.1, 0.15) is 24.8 Å². The topological polar surface area (TPSA) is 92.5 Å². The van der Waals surface area contributed by atoms with Crippen LogP contribution < -0.4 is 10.2 Å². The van der Waals surface area contributed by atoms with Gasteiger partial charge < -0.3 is 20.2 Å². The molecule has 3 fully saturated rings. The van der Waals surface area contributed by atoms with Gasteiger partial charge in [0, 0.05) is 56.0 Å². The highest BCUT2D eigenvalue weighted by molar-refractivity contribution is 5.97. The van der Waals surface area contributed by atoms with Crippen molar-refractivity contribution in [3.63, 3.8) is 0 Å². The largest absolute Gasteiger partial charge is 0.397 e. The monoisotopic (exact) mass is 473 g/mol. The van der Waals surface area contributed by atoms with Crippen molar-refractivity contribution in [3.8, 4) is 6.07 Å². The molecule has 7 nitrogen and oxygen atoms in total. The molecule has 2 aliphatic heterocycles. The predicted octanol–water partition coefficient (Wildman–Crippen LogP) is 2.44. The lowest BCUT2D eigenvalue weighted by Crippen LogP contribution is -2.49. The van der Waals surface area contributed by atoms with E-state index in [0.29, 0.717) is 54.6 Å². The number of likely N-dealkylation sites (tertiary alicyclic amines) is 1. The molecule has 2 N–H and O–H groups in total. The van der Waals surface area contributed by atoms with E-state index in [-0.39, 0.29) is 32.2 Å². The first-order valence-electron chi connectivity index (χ1n) is 11.5. The molecule has 1 aromatic heterocycles. The first-order chi connectivity index (χ1) is 16.2. The number of amides is 1. The maximum atomic E-state index is 14.3. The van der Waals surface area contributed by atoms with Crippen LogP contribution in [0.5, 0.6) is 0 Å². The number of hydrogen-bond acceptors (Lipinski definition) is 6. The number of carbonyl (C=O) groups is 1. The number of nitrogens with zero attached hydrogens (tertiary/aromatic N) is 4. The molecule has 2 atom stereocenters. The van der Waals surface area contributed by atoms with Crippen molar-refractivity contribution in [1.82, 2.24) is 15.2 Å². The Morgan fingerprint density at radius 1 is 1.26 bits per heavy atom. The lowest BCUT2D eigenvalue weighted by molar-refractivity contribution is -0.191. The highest BCUT2D eigenvalue weighted by Gasteiger charge is 2.86. The van der Waals surface area contributed by atoms with Crippen LogP contribution in [0.3, 0.4) is 0 Å². The third-order valence-corrected chi connectivity index (χ3v) is 7.84. The molecule has 0 spiro atoms. The predicted molar refractivity (Wildman–Crippen MR) is 119 cm³/mol. The molecule has 1 amide bonds. The fraction of sp³-hybridized carbons (Fsp3) is 0.542. The summed E-state index contributed by atoms with van der Waals surface area (Å²) in [6.07, 6.45) is -1.87. The quantitative estimate of drug-likeness (QED) is 0.693. The summed E-state index contributed by atoms with van der Waals surface area (Å²) >= 11 is 0. The van der Waals surface area contributed by atoms with Crippen LogP contribution in [0.25, 0.3) is 10.9 Å². The summed E-state index contributed by atoms with van der Waals surface area (Å²) in [7, 11) is 0. The fourth-order valence-electron chi connectivity index (χ4n) is 5.88. The van der Waals surface area contributed by atoms with Gasteiger partial charge in [0.15, 0.2) is 0 Å². The molecule has 3 heterocycles. The molecule has 180 valence electrons. The molecule has 1 saturated carbocycles. The van der Waals surface area contributed by atoms with Crippen LogP contribution in [0.2, 0.25) is 0 Å². The minimum absolute atomic E-state index is 0.0302. The van der Waals surface area contributed by atoms with E-state index in [9.17, 15) is 23.2 Å². The molecule has 1 aromatic carbocycles. The number of aliphatic hydroxyl groups excluding tert-OH is 1. The van der Waals surface area contributed by atoms with Gasteiger partial charge in [-0.05, 0) is 43.5 Å². The van der Waals surface area contributed by atoms with Crippen LogP contribution >= 0.6 is 0 Å². The van der Waals surface area contributed by atoms with E-state index < -0.39 is 22.9 Å². The number of piperidine rings is 2. The Morgan fingerprint density at radius 2 is 2.03 bits per heavy atom. The zero-order valence-electron chi connectivity index (χ0n) is 18.6. The van der Waals surface area contributed by atoms with Crippen LogP contribution in [0, 0.1) is 22.2 Å². The Labute approximate surface area is 195 Å². The second-order valence-electron chi connectivity index (χ2n) is 9.65. The number of halogens is 3. The van der Waals surface area contributed by atoms with E-state index >= 15 is 0 Å². The van der Waals surface area contributed by atoms with Crippen molar-refractivity contribution >= 4 is 22.5 Å². The summed E-state index contributed by atoms with van der Waals surface area (Å²) in [5, 5.41) is 22.0. The van der Waals surface area contributed by atoms with Crippen molar-refractivity contribution in [2.24, 2.45) is 10.8 Å². The summed E-state index contributed by atoms with van der Waals surface area (Å²) in [5.74, 6) is -0.524. The number of nitriles is 1. The average molecular weight is 473 g/mol. The summed E-state index contributed by atoms with van der Waals surface area (Å²) in [4.78, 5) is 21.3. The second kappa shape index (κ2) is 8.10. The number of anilines is 1. The molecule has 0 unspecified atom stereocenters. The third kappa shape index (κ3) is 3.41. The number of hydrogen-bond donors (Lipinski definition) is 2. The second-order valence-corrected chi connectivity index (χ2v) is 9.65. The first-order valence-corrected chi connectivity index (χ1v) is 11.5. The summed E-state index contributed by atoms with van der Waals surface area (Å²) < 4.78 is 43.0. The molecule has 10 heteroatoms. The molecule has 2 saturated heterocycles. The van der Waals surface area contributed by atoms with E-state index in [4.69, 9.17) is 5.11 Å². The maximum absolute atomic E-state index is 14.3. The highest BCUT2D eigenvalue weighted by Crippen LogP contribution is 2.75. The number of benzene rings is 1. The van der Waals surface area contributed by atoms with Crippen LogP contribution in [-0.2, 0) is 4.79 Å². The van der Waals surface area contributed by atoms with Crippen LogP contribution in [0.4, 0.5) is 18.9 Å². The smallest absolute Gasteiger partial charge is 0.395 e. The molecule has 1 aliphatic carbocycles. The maximum Gasteiger partial charge on any atom is 0.397 e. The van der Waals surface area contributed by atoms with Gasteiger partial charge in [-0.25, -0.2) is 0 Å². The number of nitrogens with one attached hydrogen (secondary N) is 1. The average Bonchev–Trinajstić information content (AvgIpc) is 3.37. The highest BCUT2D eigenvalue weighted by atomic mass is 19.4. The minimum Gasteiger partial charge on any atom is -0.395 e. The molecule has 0 bridgehead atoms. The lowest BCUT2D eigenvalue weighted by Gasteiger charge is -2.33. The third-order valence-electron chi connectivity index (χ3n) is 7.84. The number of fused-ring (bicyclic) bond motifs is 2. The fourth-order valence-corrected chi connectivity index (χ4v) is 5.88. The summed E-state index contributed by atoms with van der Waals surface area (Å²) in [6, 6.07) is 8.57. The molecule has 2 aromatic rings. The molecule has 34 heavy (non-hydrogen) atoms. The standard InChI is InChI=1S/C24H26F3N5O2/c25-24(26,27)23-13-22(23,21(34)30-17-5-8-31(9-6-17)10-11-33)14-32(15-23)19-4-3-16(12-28)20-18(19)2-1-7-29-20/h1-4,7,17,33H,5-6,8-11,13-15H2,(H,30,34)/t22-,23-/m0/s1. The first kappa shape index (κ1) is 22.9. The SMILES string of the molecule is N#Cc1ccc(N2C[C@]3(C(=O)NC4CCN(CCO)CC4)C[C@]3(C(F)(F)F)C2)c2cccnc12. The van der Waals surface area contributed by atoms with Crippen LogP contribution in [-0.4, -0.2) is 72.4 Å². The van der Waals surface area contributed by atoms with E-state index in [0.717, 1.165) is 0 Å². The zero-order valence-corrected chi connectivity index (χ0v) is 18.6.